The molecular formula is C13H9F3N4O. The second-order valence-corrected chi connectivity index (χ2v) is 4.54. The van der Waals surface area contributed by atoms with E-state index in [2.05, 4.69) is 15.0 Å². The van der Waals surface area contributed by atoms with Crippen molar-refractivity contribution in [1.29, 1.82) is 0 Å². The van der Waals surface area contributed by atoms with Gasteiger partial charge in [0.2, 0.25) is 5.82 Å². The van der Waals surface area contributed by atoms with Crippen molar-refractivity contribution < 1.29 is 18.0 Å². The number of aromatic amines is 1. The second kappa shape index (κ2) is 4.44. The average molecular weight is 294 g/mol. The lowest BCUT2D eigenvalue weighted by atomic mass is 10.2. The van der Waals surface area contributed by atoms with Gasteiger partial charge in [0.1, 0.15) is 5.52 Å². The van der Waals surface area contributed by atoms with Crippen molar-refractivity contribution in [2.75, 3.05) is 0 Å². The summed E-state index contributed by atoms with van der Waals surface area (Å²) in [6, 6.07) is 6.87. The minimum absolute atomic E-state index is 0.165. The molecule has 0 saturated heterocycles. The number of nitrogens with zero attached hydrogens (tertiary/aromatic N) is 2. The molecule has 0 bridgehead atoms. The van der Waals surface area contributed by atoms with Gasteiger partial charge in [0.15, 0.2) is 0 Å². The second-order valence-electron chi connectivity index (χ2n) is 4.54. The number of nitrogens with two attached hydrogens (primary N) is 1. The molecule has 5 nitrogen and oxygen atoms in total. The summed E-state index contributed by atoms with van der Waals surface area (Å²) in [5.74, 6) is -1.39. The van der Waals surface area contributed by atoms with Crippen molar-refractivity contribution >= 4 is 27.8 Å². The highest BCUT2D eigenvalue weighted by molar-refractivity contribution is 6.06. The SMILES string of the molecule is NC(=O)c1nc(CC(F)(F)F)c2[nH]c3ccccc3c2n1. The van der Waals surface area contributed by atoms with E-state index in [4.69, 9.17) is 5.73 Å². The molecule has 8 heteroatoms. The molecule has 3 N–H and O–H groups in total. The molecule has 21 heavy (non-hydrogen) atoms. The first-order valence-electron chi connectivity index (χ1n) is 5.99. The number of aromatic nitrogens is 3. The lowest BCUT2D eigenvalue weighted by Crippen LogP contribution is -2.19. The van der Waals surface area contributed by atoms with Gasteiger partial charge in [0.25, 0.3) is 5.91 Å². The summed E-state index contributed by atoms with van der Waals surface area (Å²) in [5.41, 5.74) is 5.84. The van der Waals surface area contributed by atoms with Gasteiger partial charge in [-0.1, -0.05) is 18.2 Å². The number of para-hydroxylation sites is 1. The van der Waals surface area contributed by atoms with Crippen LogP contribution in [0.1, 0.15) is 16.3 Å². The standard InChI is InChI=1S/C13H9F3N4O/c14-13(15,16)5-8-10-9(20-12(19-8)11(17)21)6-3-1-2-4-7(6)18-10/h1-4,18H,5H2,(H2,17,21). The molecule has 0 spiro atoms. The molecule has 0 fully saturated rings. The van der Waals surface area contributed by atoms with Gasteiger partial charge in [-0.3, -0.25) is 4.79 Å². The van der Waals surface area contributed by atoms with E-state index >= 15 is 0 Å². The van der Waals surface area contributed by atoms with E-state index in [0.29, 0.717) is 10.9 Å². The number of fused-ring (bicyclic) bond motifs is 3. The van der Waals surface area contributed by atoms with Crippen molar-refractivity contribution in [3.8, 4) is 0 Å². The number of hydrogen-bond donors (Lipinski definition) is 2. The van der Waals surface area contributed by atoms with Crippen LogP contribution in [0.3, 0.4) is 0 Å². The highest BCUT2D eigenvalue weighted by Crippen LogP contribution is 2.29. The number of carbonyl (C=O) groups excluding carboxylic acids is 1. The average Bonchev–Trinajstić information content (AvgIpc) is 2.76. The third kappa shape index (κ3) is 2.39. The summed E-state index contributed by atoms with van der Waals surface area (Å²) in [6.07, 6.45) is -5.72. The number of halogens is 3. The molecule has 0 aliphatic carbocycles. The molecule has 2 aromatic heterocycles. The van der Waals surface area contributed by atoms with Crippen LogP contribution in [0.25, 0.3) is 21.9 Å². The summed E-state index contributed by atoms with van der Waals surface area (Å²) in [5, 5.41) is 0.612. The number of alkyl halides is 3. The minimum Gasteiger partial charge on any atom is -0.363 e. The monoisotopic (exact) mass is 294 g/mol. The van der Waals surface area contributed by atoms with Crippen molar-refractivity contribution in [1.82, 2.24) is 15.0 Å². The van der Waals surface area contributed by atoms with E-state index < -0.39 is 24.3 Å². The quantitative estimate of drug-likeness (QED) is 0.760. The molecule has 1 amide bonds. The summed E-state index contributed by atoms with van der Waals surface area (Å²) in [7, 11) is 0. The predicted octanol–water partition coefficient (Wildman–Crippen LogP) is 2.31. The van der Waals surface area contributed by atoms with Gasteiger partial charge in [-0.05, 0) is 6.07 Å². The topological polar surface area (TPSA) is 84.7 Å². The Morgan fingerprint density at radius 3 is 2.62 bits per heavy atom. The van der Waals surface area contributed by atoms with Crippen LogP contribution in [0.4, 0.5) is 13.2 Å². The van der Waals surface area contributed by atoms with Crippen molar-refractivity contribution in [3.05, 3.63) is 35.8 Å². The van der Waals surface area contributed by atoms with E-state index in [1.807, 2.05) is 0 Å². The van der Waals surface area contributed by atoms with Gasteiger partial charge < -0.3 is 10.7 Å². The van der Waals surface area contributed by atoms with Crippen molar-refractivity contribution in [3.63, 3.8) is 0 Å². The van der Waals surface area contributed by atoms with Crippen LogP contribution in [0, 0.1) is 0 Å². The molecule has 0 saturated carbocycles. The fourth-order valence-electron chi connectivity index (χ4n) is 2.19. The van der Waals surface area contributed by atoms with Gasteiger partial charge in [-0.25, -0.2) is 9.97 Å². The van der Waals surface area contributed by atoms with Crippen LogP contribution in [0.15, 0.2) is 24.3 Å². The Kier molecular flexibility index (Phi) is 2.82. The molecule has 0 unspecified atom stereocenters. The van der Waals surface area contributed by atoms with Gasteiger partial charge in [-0.2, -0.15) is 13.2 Å². The number of hydrogen-bond acceptors (Lipinski definition) is 3. The van der Waals surface area contributed by atoms with Crippen molar-refractivity contribution in [2.24, 2.45) is 5.73 Å². The Morgan fingerprint density at radius 1 is 1.24 bits per heavy atom. The molecule has 0 aliphatic rings. The molecule has 2 heterocycles. The summed E-state index contributed by atoms with van der Waals surface area (Å²) >= 11 is 0. The predicted molar refractivity (Wildman–Crippen MR) is 69.7 cm³/mol. The third-order valence-corrected chi connectivity index (χ3v) is 3.01. The molecule has 0 aliphatic heterocycles. The largest absolute Gasteiger partial charge is 0.394 e. The Hall–Kier alpha value is -2.64. The van der Waals surface area contributed by atoms with Crippen LogP contribution in [0.2, 0.25) is 0 Å². The zero-order valence-corrected chi connectivity index (χ0v) is 10.5. The highest BCUT2D eigenvalue weighted by Gasteiger charge is 2.31. The van der Waals surface area contributed by atoms with E-state index in [0.717, 1.165) is 0 Å². The lowest BCUT2D eigenvalue weighted by molar-refractivity contribution is -0.127. The molecule has 1 aromatic carbocycles. The molecular weight excluding hydrogens is 285 g/mol. The van der Waals surface area contributed by atoms with Crippen molar-refractivity contribution in [2.45, 2.75) is 12.6 Å². The Labute approximate surface area is 116 Å². The van der Waals surface area contributed by atoms with Crippen LogP contribution < -0.4 is 5.73 Å². The number of carbonyl (C=O) groups is 1. The smallest absolute Gasteiger partial charge is 0.363 e. The summed E-state index contributed by atoms with van der Waals surface area (Å²) in [4.78, 5) is 21.7. The highest BCUT2D eigenvalue weighted by atomic mass is 19.4. The van der Waals surface area contributed by atoms with Gasteiger partial charge >= 0.3 is 6.18 Å². The maximum atomic E-state index is 12.7. The number of nitrogens with one attached hydrogen (secondary N) is 1. The van der Waals surface area contributed by atoms with Crippen LogP contribution in [0.5, 0.6) is 0 Å². The molecule has 108 valence electrons. The Bertz CT molecular complexity index is 854. The van der Waals surface area contributed by atoms with Gasteiger partial charge in [0.05, 0.1) is 17.6 Å². The fraction of sp³-hybridized carbons (Fsp3) is 0.154. The zero-order chi connectivity index (χ0) is 15.2. The number of H-pyrrole nitrogens is 1. The van der Waals surface area contributed by atoms with E-state index in [1.165, 1.54) is 0 Å². The maximum Gasteiger partial charge on any atom is 0.394 e. The number of benzene rings is 1. The van der Waals surface area contributed by atoms with Crippen LogP contribution in [-0.2, 0) is 6.42 Å². The fourth-order valence-corrected chi connectivity index (χ4v) is 2.19. The number of primary amides is 1. The normalized spacial score (nSPS) is 12.1. The zero-order valence-electron chi connectivity index (χ0n) is 10.5. The third-order valence-electron chi connectivity index (χ3n) is 3.01. The maximum absolute atomic E-state index is 12.7. The number of rotatable bonds is 2. The van der Waals surface area contributed by atoms with E-state index in [9.17, 15) is 18.0 Å². The Morgan fingerprint density at radius 2 is 1.95 bits per heavy atom. The summed E-state index contributed by atoms with van der Waals surface area (Å²) < 4.78 is 38.0. The van der Waals surface area contributed by atoms with Gasteiger partial charge in [0, 0.05) is 10.9 Å². The molecule has 0 atom stereocenters. The van der Waals surface area contributed by atoms with Crippen LogP contribution in [-0.4, -0.2) is 27.0 Å². The summed E-state index contributed by atoms with van der Waals surface area (Å²) in [6.45, 7) is 0. The molecule has 3 rings (SSSR count). The lowest BCUT2D eigenvalue weighted by Gasteiger charge is -2.07. The first-order chi connectivity index (χ1) is 9.85. The first kappa shape index (κ1) is 13.3. The van der Waals surface area contributed by atoms with E-state index in [1.54, 1.807) is 24.3 Å². The first-order valence-corrected chi connectivity index (χ1v) is 5.99. The minimum atomic E-state index is -4.45. The molecule has 3 aromatic rings. The van der Waals surface area contributed by atoms with E-state index in [-0.39, 0.29) is 16.7 Å². The molecule has 0 radical (unpaired) electrons. The Balaban J connectivity index is 2.36. The van der Waals surface area contributed by atoms with Crippen LogP contribution >= 0.6 is 0 Å². The number of amides is 1. The van der Waals surface area contributed by atoms with Gasteiger partial charge in [-0.15, -0.1) is 0 Å².